The normalized spacial score (nSPS) is 10.7. The van der Waals surface area contributed by atoms with Crippen LogP contribution in [0.1, 0.15) is 16.7 Å². The second kappa shape index (κ2) is 8.11. The lowest BCUT2D eigenvalue weighted by atomic mass is 10.2. The van der Waals surface area contributed by atoms with Gasteiger partial charge in [-0.1, -0.05) is 12.1 Å². The number of carbonyl (C=O) groups excluding carboxylic acids is 1. The molecule has 2 heterocycles. The Labute approximate surface area is 156 Å². The minimum Gasteiger partial charge on any atom is -0.493 e. The van der Waals surface area contributed by atoms with Gasteiger partial charge in [-0.05, 0) is 35.9 Å². The van der Waals surface area contributed by atoms with E-state index < -0.39 is 5.97 Å². The molecule has 0 N–H and O–H groups in total. The van der Waals surface area contributed by atoms with Crippen molar-refractivity contribution >= 4 is 17.6 Å². The van der Waals surface area contributed by atoms with E-state index in [9.17, 15) is 10.1 Å². The molecule has 0 atom stereocenters. The minimum absolute atomic E-state index is 0.0275. The highest BCUT2D eigenvalue weighted by molar-refractivity contribution is 5.87. The van der Waals surface area contributed by atoms with Crippen molar-refractivity contribution in [2.45, 2.75) is 6.61 Å². The van der Waals surface area contributed by atoms with Crippen molar-refractivity contribution in [2.24, 2.45) is 0 Å². The maximum atomic E-state index is 12.0. The summed E-state index contributed by atoms with van der Waals surface area (Å²) in [6.45, 7) is 0.0275. The second-order valence-corrected chi connectivity index (χ2v) is 5.69. The number of benzene rings is 1. The fraction of sp³-hybridized carbons (Fsp3) is 0.143. The van der Waals surface area contributed by atoms with Crippen LogP contribution in [0.5, 0.6) is 11.5 Å². The molecule has 2 aromatic heterocycles. The zero-order chi connectivity index (χ0) is 19.2. The SMILES string of the molecule is COc1ccc(/C=C/C(=O)OCc2cn3ccccc3c2C#N)cc1OC. The van der Waals surface area contributed by atoms with Crippen molar-refractivity contribution in [3.05, 3.63) is 71.6 Å². The van der Waals surface area contributed by atoms with Gasteiger partial charge in [-0.25, -0.2) is 4.79 Å². The van der Waals surface area contributed by atoms with Crippen molar-refractivity contribution in [2.75, 3.05) is 14.2 Å². The van der Waals surface area contributed by atoms with Crippen molar-refractivity contribution < 1.29 is 19.0 Å². The number of hydrogen-bond donors (Lipinski definition) is 0. The summed E-state index contributed by atoms with van der Waals surface area (Å²) in [5.74, 6) is 0.693. The average Bonchev–Trinajstić information content (AvgIpc) is 3.07. The highest BCUT2D eigenvalue weighted by Crippen LogP contribution is 2.28. The van der Waals surface area contributed by atoms with Crippen LogP contribution in [0.25, 0.3) is 11.6 Å². The molecule has 3 rings (SSSR count). The number of carbonyl (C=O) groups is 1. The van der Waals surface area contributed by atoms with Gasteiger partial charge in [0.05, 0.1) is 25.3 Å². The Morgan fingerprint density at radius 2 is 2.00 bits per heavy atom. The van der Waals surface area contributed by atoms with Gasteiger partial charge in [-0.2, -0.15) is 5.26 Å². The summed E-state index contributed by atoms with van der Waals surface area (Å²) in [7, 11) is 3.11. The first-order valence-corrected chi connectivity index (χ1v) is 8.21. The van der Waals surface area contributed by atoms with Gasteiger partial charge in [0.25, 0.3) is 0 Å². The Hall–Kier alpha value is -3.72. The first-order valence-electron chi connectivity index (χ1n) is 8.21. The zero-order valence-electron chi connectivity index (χ0n) is 15.0. The molecule has 136 valence electrons. The van der Waals surface area contributed by atoms with Gasteiger partial charge in [-0.3, -0.25) is 0 Å². The highest BCUT2D eigenvalue weighted by Gasteiger charge is 2.11. The molecule has 0 saturated heterocycles. The number of nitrogens with zero attached hydrogens (tertiary/aromatic N) is 2. The van der Waals surface area contributed by atoms with Crippen molar-refractivity contribution in [1.82, 2.24) is 4.40 Å². The molecule has 3 aromatic rings. The molecule has 0 aliphatic carbocycles. The van der Waals surface area contributed by atoms with Crippen LogP contribution in [0.15, 0.2) is 54.9 Å². The lowest BCUT2D eigenvalue weighted by Gasteiger charge is -2.07. The maximum Gasteiger partial charge on any atom is 0.331 e. The van der Waals surface area contributed by atoms with E-state index in [0.29, 0.717) is 22.6 Å². The molecule has 6 nitrogen and oxygen atoms in total. The molecule has 0 fully saturated rings. The third kappa shape index (κ3) is 3.93. The summed E-state index contributed by atoms with van der Waals surface area (Å²) in [5, 5.41) is 9.37. The molecule has 0 amide bonds. The Morgan fingerprint density at radius 3 is 2.74 bits per heavy atom. The number of aromatic nitrogens is 1. The Morgan fingerprint density at radius 1 is 1.19 bits per heavy atom. The molecule has 0 unspecified atom stereocenters. The molecule has 0 radical (unpaired) electrons. The van der Waals surface area contributed by atoms with Gasteiger partial charge in [0, 0.05) is 24.0 Å². The number of hydrogen-bond acceptors (Lipinski definition) is 5. The molecular formula is C21H18N2O4. The average molecular weight is 362 g/mol. The first kappa shape index (κ1) is 18.1. The number of rotatable bonds is 6. The topological polar surface area (TPSA) is 73.0 Å². The fourth-order valence-corrected chi connectivity index (χ4v) is 2.73. The molecule has 0 saturated carbocycles. The largest absolute Gasteiger partial charge is 0.493 e. The summed E-state index contributed by atoms with van der Waals surface area (Å²) in [5.41, 5.74) is 2.73. The fourth-order valence-electron chi connectivity index (χ4n) is 2.73. The van der Waals surface area contributed by atoms with Crippen LogP contribution in [0.2, 0.25) is 0 Å². The van der Waals surface area contributed by atoms with E-state index in [1.807, 2.05) is 28.8 Å². The number of pyridine rings is 1. The van der Waals surface area contributed by atoms with E-state index in [4.69, 9.17) is 14.2 Å². The van der Waals surface area contributed by atoms with E-state index in [1.165, 1.54) is 6.08 Å². The molecule has 27 heavy (non-hydrogen) atoms. The molecule has 1 aromatic carbocycles. The third-order valence-electron chi connectivity index (χ3n) is 4.06. The van der Waals surface area contributed by atoms with Crippen molar-refractivity contribution in [3.63, 3.8) is 0 Å². The third-order valence-corrected chi connectivity index (χ3v) is 4.06. The van der Waals surface area contributed by atoms with Gasteiger partial charge in [-0.15, -0.1) is 0 Å². The number of fused-ring (bicyclic) bond motifs is 1. The molecular weight excluding hydrogens is 344 g/mol. The van der Waals surface area contributed by atoms with Crippen LogP contribution in [-0.2, 0) is 16.1 Å². The Bertz CT molecular complexity index is 1040. The molecule has 0 aliphatic rings. The highest BCUT2D eigenvalue weighted by atomic mass is 16.5. The van der Waals surface area contributed by atoms with Gasteiger partial charge in [0.1, 0.15) is 12.7 Å². The standard InChI is InChI=1S/C21H18N2O4/c1-25-19-8-6-15(11-20(19)26-2)7-9-21(24)27-14-16-13-23-10-4-3-5-18(23)17(16)12-22/h3-11,13H,14H2,1-2H3/b9-7+. The molecule has 6 heteroatoms. The molecule has 0 aliphatic heterocycles. The lowest BCUT2D eigenvalue weighted by Crippen LogP contribution is -2.01. The molecule has 0 spiro atoms. The van der Waals surface area contributed by atoms with Gasteiger partial charge in [0.15, 0.2) is 11.5 Å². The quantitative estimate of drug-likeness (QED) is 0.495. The van der Waals surface area contributed by atoms with Crippen LogP contribution in [-0.4, -0.2) is 24.6 Å². The van der Waals surface area contributed by atoms with Crippen molar-refractivity contribution in [3.8, 4) is 17.6 Å². The van der Waals surface area contributed by atoms with Gasteiger partial charge < -0.3 is 18.6 Å². The summed E-state index contributed by atoms with van der Waals surface area (Å²) in [6.07, 6.45) is 6.60. The van der Waals surface area contributed by atoms with Crippen LogP contribution in [0, 0.1) is 11.3 Å². The van der Waals surface area contributed by atoms with Gasteiger partial charge >= 0.3 is 5.97 Å². The number of ether oxygens (including phenoxy) is 3. The summed E-state index contributed by atoms with van der Waals surface area (Å²) in [4.78, 5) is 12.0. The maximum absolute atomic E-state index is 12.0. The lowest BCUT2D eigenvalue weighted by molar-refractivity contribution is -0.138. The van der Waals surface area contributed by atoms with Crippen molar-refractivity contribution in [1.29, 1.82) is 5.26 Å². The number of methoxy groups -OCH3 is 2. The van der Waals surface area contributed by atoms with Crippen LogP contribution >= 0.6 is 0 Å². The zero-order valence-corrected chi connectivity index (χ0v) is 15.0. The summed E-state index contributed by atoms with van der Waals surface area (Å²) < 4.78 is 17.5. The summed E-state index contributed by atoms with van der Waals surface area (Å²) in [6, 6.07) is 13.1. The predicted molar refractivity (Wildman–Crippen MR) is 100 cm³/mol. The number of nitriles is 1. The predicted octanol–water partition coefficient (Wildman–Crippen LogP) is 3.58. The molecule has 0 bridgehead atoms. The minimum atomic E-state index is -0.496. The smallest absolute Gasteiger partial charge is 0.331 e. The van der Waals surface area contributed by atoms with E-state index in [2.05, 4.69) is 6.07 Å². The van der Waals surface area contributed by atoms with E-state index in [0.717, 1.165) is 11.1 Å². The Kier molecular flexibility index (Phi) is 5.43. The van der Waals surface area contributed by atoms with E-state index in [-0.39, 0.29) is 6.61 Å². The van der Waals surface area contributed by atoms with Crippen LogP contribution in [0.3, 0.4) is 0 Å². The second-order valence-electron chi connectivity index (χ2n) is 5.69. The Balaban J connectivity index is 1.68. The van der Waals surface area contributed by atoms with Gasteiger partial charge in [0.2, 0.25) is 0 Å². The monoisotopic (exact) mass is 362 g/mol. The summed E-state index contributed by atoms with van der Waals surface area (Å²) >= 11 is 0. The number of esters is 1. The van der Waals surface area contributed by atoms with E-state index in [1.54, 1.807) is 44.7 Å². The van der Waals surface area contributed by atoms with Crippen LogP contribution < -0.4 is 9.47 Å². The van der Waals surface area contributed by atoms with Crippen LogP contribution in [0.4, 0.5) is 0 Å². The van der Waals surface area contributed by atoms with E-state index >= 15 is 0 Å². The first-order chi connectivity index (χ1) is 13.2.